The van der Waals surface area contributed by atoms with Gasteiger partial charge >= 0.3 is 6.03 Å². The summed E-state index contributed by atoms with van der Waals surface area (Å²) >= 11 is 5.86. The van der Waals surface area contributed by atoms with E-state index in [0.717, 1.165) is 5.56 Å². The zero-order chi connectivity index (χ0) is 18.2. The van der Waals surface area contributed by atoms with Gasteiger partial charge in [0, 0.05) is 37.1 Å². The van der Waals surface area contributed by atoms with Crippen LogP contribution in [0.15, 0.2) is 48.5 Å². The number of nitrogens with one attached hydrogen (secondary N) is 2. The average molecular weight is 362 g/mol. The van der Waals surface area contributed by atoms with Crippen LogP contribution in [0.2, 0.25) is 5.02 Å². The largest absolute Gasteiger partial charge is 0.375 e. The first-order valence-electron chi connectivity index (χ1n) is 7.63. The Balaban J connectivity index is 1.95. The van der Waals surface area contributed by atoms with Gasteiger partial charge in [-0.1, -0.05) is 29.8 Å². The number of methoxy groups -OCH3 is 1. The molecule has 6 nitrogen and oxygen atoms in total. The number of hydrogen-bond donors (Lipinski definition) is 2. The lowest BCUT2D eigenvalue weighted by Gasteiger charge is -2.18. The Morgan fingerprint density at radius 1 is 1.08 bits per heavy atom. The minimum atomic E-state index is -0.258. The monoisotopic (exact) mass is 361 g/mol. The molecular weight excluding hydrogens is 342 g/mol. The summed E-state index contributed by atoms with van der Waals surface area (Å²) in [6.07, 6.45) is 0. The normalized spacial score (nSPS) is 10.2. The molecule has 0 bridgehead atoms. The standard InChI is InChI=1S/C18H20ClN3O3/c1-22(11-13-6-8-14(19)9-7-13)18(24)21-16-5-3-4-15(10-16)20-17(23)12-25-2/h3-10H,11-12H2,1-2H3,(H,20,23)(H,21,24). The van der Waals surface area contributed by atoms with Gasteiger partial charge in [-0.2, -0.15) is 0 Å². The predicted octanol–water partition coefficient (Wildman–Crippen LogP) is 3.59. The van der Waals surface area contributed by atoms with E-state index in [1.54, 1.807) is 48.3 Å². The Hall–Kier alpha value is -2.57. The zero-order valence-corrected chi connectivity index (χ0v) is 14.8. The second-order valence-corrected chi connectivity index (χ2v) is 5.91. The number of halogens is 1. The second-order valence-electron chi connectivity index (χ2n) is 5.47. The Bertz CT molecular complexity index is 735. The quantitative estimate of drug-likeness (QED) is 0.826. The summed E-state index contributed by atoms with van der Waals surface area (Å²) in [5.41, 5.74) is 2.14. The highest BCUT2D eigenvalue weighted by molar-refractivity contribution is 6.30. The van der Waals surface area contributed by atoms with E-state index in [9.17, 15) is 9.59 Å². The van der Waals surface area contributed by atoms with E-state index >= 15 is 0 Å². The molecule has 2 aromatic rings. The van der Waals surface area contributed by atoms with Crippen LogP contribution < -0.4 is 10.6 Å². The number of benzene rings is 2. The van der Waals surface area contributed by atoms with Crippen LogP contribution in [-0.2, 0) is 16.1 Å². The summed E-state index contributed by atoms with van der Waals surface area (Å²) in [5, 5.41) is 6.14. The highest BCUT2D eigenvalue weighted by Gasteiger charge is 2.10. The minimum absolute atomic E-state index is 0.0274. The van der Waals surface area contributed by atoms with Gasteiger partial charge in [-0.3, -0.25) is 4.79 Å². The van der Waals surface area contributed by atoms with Gasteiger partial charge in [0.1, 0.15) is 6.61 Å². The maximum absolute atomic E-state index is 12.3. The topological polar surface area (TPSA) is 70.7 Å². The molecule has 132 valence electrons. The molecule has 2 N–H and O–H groups in total. The van der Waals surface area contributed by atoms with E-state index in [-0.39, 0.29) is 18.5 Å². The second kappa shape index (κ2) is 9.05. The number of urea groups is 1. The van der Waals surface area contributed by atoms with Crippen molar-refractivity contribution in [3.8, 4) is 0 Å². The van der Waals surface area contributed by atoms with E-state index in [2.05, 4.69) is 10.6 Å². The summed E-state index contributed by atoms with van der Waals surface area (Å²) in [7, 11) is 3.15. The van der Waals surface area contributed by atoms with Crippen molar-refractivity contribution in [2.75, 3.05) is 31.4 Å². The Morgan fingerprint density at radius 3 is 2.36 bits per heavy atom. The number of hydrogen-bond acceptors (Lipinski definition) is 3. The van der Waals surface area contributed by atoms with Crippen LogP contribution in [0.25, 0.3) is 0 Å². The van der Waals surface area contributed by atoms with Gasteiger partial charge in [0.15, 0.2) is 0 Å². The highest BCUT2D eigenvalue weighted by Crippen LogP contribution is 2.16. The van der Waals surface area contributed by atoms with E-state index < -0.39 is 0 Å². The van der Waals surface area contributed by atoms with Gasteiger partial charge in [-0.15, -0.1) is 0 Å². The van der Waals surface area contributed by atoms with Crippen molar-refractivity contribution in [1.29, 1.82) is 0 Å². The number of ether oxygens (including phenoxy) is 1. The first-order chi connectivity index (χ1) is 12.0. The van der Waals surface area contributed by atoms with Crippen LogP contribution in [0.4, 0.5) is 16.2 Å². The molecule has 0 aliphatic heterocycles. The van der Waals surface area contributed by atoms with Crippen molar-refractivity contribution in [2.45, 2.75) is 6.54 Å². The van der Waals surface area contributed by atoms with Crippen molar-refractivity contribution >= 4 is 34.9 Å². The maximum atomic E-state index is 12.3. The molecule has 0 radical (unpaired) electrons. The fourth-order valence-corrected chi connectivity index (χ4v) is 2.28. The molecule has 0 spiro atoms. The third kappa shape index (κ3) is 6.10. The Kier molecular flexibility index (Phi) is 6.80. The van der Waals surface area contributed by atoms with Crippen LogP contribution in [0, 0.1) is 0 Å². The predicted molar refractivity (Wildman–Crippen MR) is 98.9 cm³/mol. The molecule has 0 heterocycles. The molecule has 2 aromatic carbocycles. The summed E-state index contributed by atoms with van der Waals surface area (Å²) in [6.45, 7) is 0.424. The first-order valence-corrected chi connectivity index (χ1v) is 8.01. The van der Waals surface area contributed by atoms with Gasteiger partial charge in [0.05, 0.1) is 0 Å². The fourth-order valence-electron chi connectivity index (χ4n) is 2.16. The van der Waals surface area contributed by atoms with E-state index in [1.807, 2.05) is 12.1 Å². The Morgan fingerprint density at radius 2 is 1.72 bits per heavy atom. The lowest BCUT2D eigenvalue weighted by atomic mass is 10.2. The molecule has 0 saturated carbocycles. The van der Waals surface area contributed by atoms with Crippen molar-refractivity contribution in [3.63, 3.8) is 0 Å². The fraction of sp³-hybridized carbons (Fsp3) is 0.222. The van der Waals surface area contributed by atoms with Crippen molar-refractivity contribution < 1.29 is 14.3 Å². The molecule has 3 amide bonds. The molecule has 0 atom stereocenters. The number of rotatable bonds is 6. The average Bonchev–Trinajstić information content (AvgIpc) is 2.57. The highest BCUT2D eigenvalue weighted by atomic mass is 35.5. The lowest BCUT2D eigenvalue weighted by molar-refractivity contribution is -0.119. The molecule has 0 fully saturated rings. The summed E-state index contributed by atoms with van der Waals surface area (Å²) in [5.74, 6) is -0.258. The van der Waals surface area contributed by atoms with E-state index in [0.29, 0.717) is 22.9 Å². The van der Waals surface area contributed by atoms with Crippen LogP contribution in [-0.4, -0.2) is 37.6 Å². The van der Waals surface area contributed by atoms with Gasteiger partial charge in [0.25, 0.3) is 0 Å². The summed E-state index contributed by atoms with van der Waals surface area (Å²) < 4.78 is 4.77. The molecule has 0 saturated heterocycles. The Labute approximate surface area is 151 Å². The van der Waals surface area contributed by atoms with Crippen molar-refractivity contribution in [3.05, 3.63) is 59.1 Å². The summed E-state index contributed by atoms with van der Waals surface area (Å²) in [4.78, 5) is 25.4. The van der Waals surface area contributed by atoms with Gasteiger partial charge in [-0.25, -0.2) is 4.79 Å². The van der Waals surface area contributed by atoms with E-state index in [1.165, 1.54) is 7.11 Å². The lowest BCUT2D eigenvalue weighted by Crippen LogP contribution is -2.30. The minimum Gasteiger partial charge on any atom is -0.375 e. The third-order valence-corrected chi connectivity index (χ3v) is 3.60. The SMILES string of the molecule is COCC(=O)Nc1cccc(NC(=O)N(C)Cc2ccc(Cl)cc2)c1. The number of carbonyl (C=O) groups excluding carboxylic acids is 2. The van der Waals surface area contributed by atoms with Crippen LogP contribution in [0.5, 0.6) is 0 Å². The van der Waals surface area contributed by atoms with Gasteiger partial charge in [-0.05, 0) is 35.9 Å². The van der Waals surface area contributed by atoms with Crippen molar-refractivity contribution in [1.82, 2.24) is 4.90 Å². The summed E-state index contributed by atoms with van der Waals surface area (Å²) in [6, 6.07) is 14.0. The molecule has 0 unspecified atom stereocenters. The van der Waals surface area contributed by atoms with Crippen molar-refractivity contribution in [2.24, 2.45) is 0 Å². The third-order valence-electron chi connectivity index (χ3n) is 3.35. The molecule has 0 aliphatic rings. The number of carbonyl (C=O) groups is 2. The number of anilines is 2. The van der Waals surface area contributed by atoms with Crippen LogP contribution in [0.3, 0.4) is 0 Å². The number of nitrogens with zero attached hydrogens (tertiary/aromatic N) is 1. The van der Waals surface area contributed by atoms with Gasteiger partial charge in [0.2, 0.25) is 5.91 Å². The maximum Gasteiger partial charge on any atom is 0.321 e. The number of amides is 3. The van der Waals surface area contributed by atoms with E-state index in [4.69, 9.17) is 16.3 Å². The molecular formula is C18H20ClN3O3. The smallest absolute Gasteiger partial charge is 0.321 e. The van der Waals surface area contributed by atoms with Gasteiger partial charge < -0.3 is 20.3 Å². The molecule has 25 heavy (non-hydrogen) atoms. The van der Waals surface area contributed by atoms with Crippen LogP contribution >= 0.6 is 11.6 Å². The molecule has 0 aromatic heterocycles. The molecule has 2 rings (SSSR count). The molecule has 0 aliphatic carbocycles. The first kappa shape index (κ1) is 18.8. The van der Waals surface area contributed by atoms with Crippen LogP contribution in [0.1, 0.15) is 5.56 Å². The molecule has 7 heteroatoms. The zero-order valence-electron chi connectivity index (χ0n) is 14.1.